The zero-order valence-electron chi connectivity index (χ0n) is 19.0. The first-order valence-corrected chi connectivity index (χ1v) is 11.1. The van der Waals surface area contributed by atoms with Crippen LogP contribution in [0.15, 0.2) is 65.9 Å². The smallest absolute Gasteiger partial charge is 0.338 e. The Labute approximate surface area is 196 Å². The Morgan fingerprint density at radius 1 is 1.06 bits per heavy atom. The number of hydrogen-bond acceptors (Lipinski definition) is 6. The fourth-order valence-corrected chi connectivity index (χ4v) is 3.94. The lowest BCUT2D eigenvalue weighted by Gasteiger charge is -2.26. The number of fused-ring (bicyclic) bond motifs is 1. The minimum absolute atomic E-state index is 0.0833. The summed E-state index contributed by atoms with van der Waals surface area (Å²) < 4.78 is 12.5. The zero-order chi connectivity index (χ0) is 24.1. The van der Waals surface area contributed by atoms with Gasteiger partial charge in [-0.2, -0.15) is 0 Å². The van der Waals surface area contributed by atoms with Crippen molar-refractivity contribution in [1.82, 2.24) is 20.2 Å². The summed E-state index contributed by atoms with van der Waals surface area (Å²) in [5, 5.41) is 5.16. The van der Waals surface area contributed by atoms with Crippen LogP contribution in [0.4, 0.5) is 4.79 Å². The minimum atomic E-state index is -0.565. The molecule has 2 heterocycles. The Morgan fingerprint density at radius 3 is 2.56 bits per heavy atom. The third kappa shape index (κ3) is 4.93. The number of aromatic nitrogens is 2. The molecule has 0 saturated heterocycles. The Kier molecular flexibility index (Phi) is 6.91. The van der Waals surface area contributed by atoms with Gasteiger partial charge >= 0.3 is 18.0 Å². The SMILES string of the molecule is CCOC(=O)C1=C(COC(=O)CCc2nc3ccccc3n2-c2ccccc2)NC(=O)NC1C. The molecular formula is C25H26N4O5. The van der Waals surface area contributed by atoms with E-state index in [0.29, 0.717) is 6.42 Å². The lowest BCUT2D eigenvalue weighted by molar-refractivity contribution is -0.143. The number of benzene rings is 2. The summed E-state index contributed by atoms with van der Waals surface area (Å²) in [7, 11) is 0. The fourth-order valence-electron chi connectivity index (χ4n) is 3.94. The number of imidazole rings is 1. The van der Waals surface area contributed by atoms with Gasteiger partial charge in [-0.25, -0.2) is 14.6 Å². The van der Waals surface area contributed by atoms with Crippen LogP contribution in [-0.2, 0) is 25.5 Å². The molecule has 0 bridgehead atoms. The average molecular weight is 463 g/mol. The molecule has 0 radical (unpaired) electrons. The molecule has 176 valence electrons. The number of nitrogens with zero attached hydrogens (tertiary/aromatic N) is 2. The third-order valence-corrected chi connectivity index (χ3v) is 5.44. The highest BCUT2D eigenvalue weighted by Gasteiger charge is 2.30. The van der Waals surface area contributed by atoms with Crippen molar-refractivity contribution in [3.8, 4) is 5.69 Å². The second kappa shape index (κ2) is 10.2. The molecule has 1 unspecified atom stereocenters. The van der Waals surface area contributed by atoms with E-state index in [4.69, 9.17) is 14.5 Å². The van der Waals surface area contributed by atoms with E-state index in [9.17, 15) is 14.4 Å². The van der Waals surface area contributed by atoms with Crippen molar-refractivity contribution in [2.45, 2.75) is 32.7 Å². The summed E-state index contributed by atoms with van der Waals surface area (Å²) in [6, 6.07) is 16.6. The van der Waals surface area contributed by atoms with E-state index < -0.39 is 24.0 Å². The summed E-state index contributed by atoms with van der Waals surface area (Å²) in [5.41, 5.74) is 3.20. The molecule has 2 N–H and O–H groups in total. The van der Waals surface area contributed by atoms with E-state index in [-0.39, 0.29) is 30.9 Å². The maximum absolute atomic E-state index is 12.6. The number of hydrogen-bond donors (Lipinski definition) is 2. The molecule has 0 fully saturated rings. The Morgan fingerprint density at radius 2 is 1.79 bits per heavy atom. The number of para-hydroxylation sites is 3. The maximum Gasteiger partial charge on any atom is 0.338 e. The number of rotatable bonds is 8. The van der Waals surface area contributed by atoms with E-state index in [1.54, 1.807) is 13.8 Å². The van der Waals surface area contributed by atoms with Gasteiger partial charge in [-0.15, -0.1) is 0 Å². The fraction of sp³-hybridized carbons (Fsp3) is 0.280. The lowest BCUT2D eigenvalue weighted by atomic mass is 10.0. The number of carbonyl (C=O) groups is 3. The number of carbonyl (C=O) groups excluding carboxylic acids is 3. The molecule has 3 aromatic rings. The van der Waals surface area contributed by atoms with Crippen molar-refractivity contribution < 1.29 is 23.9 Å². The van der Waals surface area contributed by atoms with Gasteiger partial charge in [0, 0.05) is 12.1 Å². The molecule has 4 rings (SSSR count). The summed E-state index contributed by atoms with van der Waals surface area (Å²) in [6.45, 7) is 3.32. The van der Waals surface area contributed by atoms with Crippen LogP contribution in [0.2, 0.25) is 0 Å². The van der Waals surface area contributed by atoms with Crippen LogP contribution in [0.25, 0.3) is 16.7 Å². The van der Waals surface area contributed by atoms with Gasteiger partial charge in [-0.1, -0.05) is 30.3 Å². The largest absolute Gasteiger partial charge is 0.463 e. The van der Waals surface area contributed by atoms with E-state index >= 15 is 0 Å². The molecular weight excluding hydrogens is 436 g/mol. The summed E-state index contributed by atoms with van der Waals surface area (Å²) in [4.78, 5) is 41.4. The quantitative estimate of drug-likeness (QED) is 0.498. The van der Waals surface area contributed by atoms with E-state index in [0.717, 1.165) is 22.5 Å². The van der Waals surface area contributed by atoms with Gasteiger partial charge < -0.3 is 20.1 Å². The van der Waals surface area contributed by atoms with Crippen molar-refractivity contribution in [1.29, 1.82) is 0 Å². The monoisotopic (exact) mass is 462 g/mol. The van der Waals surface area contributed by atoms with Crippen LogP contribution in [-0.4, -0.2) is 46.8 Å². The Hall–Kier alpha value is -4.14. The van der Waals surface area contributed by atoms with Gasteiger partial charge in [0.15, 0.2) is 0 Å². The van der Waals surface area contributed by atoms with Crippen molar-refractivity contribution in [3.63, 3.8) is 0 Å². The molecule has 1 aromatic heterocycles. The number of esters is 2. The molecule has 0 saturated carbocycles. The summed E-state index contributed by atoms with van der Waals surface area (Å²) >= 11 is 0. The average Bonchev–Trinajstić information content (AvgIpc) is 3.20. The molecule has 1 atom stereocenters. The van der Waals surface area contributed by atoms with Crippen molar-refractivity contribution >= 4 is 29.0 Å². The second-order valence-electron chi connectivity index (χ2n) is 7.78. The molecule has 1 aliphatic heterocycles. The van der Waals surface area contributed by atoms with Crippen LogP contribution in [0.5, 0.6) is 0 Å². The van der Waals surface area contributed by atoms with Gasteiger partial charge in [0.2, 0.25) is 0 Å². The van der Waals surface area contributed by atoms with Crippen LogP contribution in [0.3, 0.4) is 0 Å². The first-order chi connectivity index (χ1) is 16.5. The molecule has 1 aliphatic rings. The van der Waals surface area contributed by atoms with Gasteiger partial charge in [-0.3, -0.25) is 9.36 Å². The van der Waals surface area contributed by atoms with Crippen LogP contribution >= 0.6 is 0 Å². The van der Waals surface area contributed by atoms with Crippen LogP contribution in [0, 0.1) is 0 Å². The molecule has 0 spiro atoms. The second-order valence-corrected chi connectivity index (χ2v) is 7.78. The normalized spacial score (nSPS) is 15.6. The molecule has 2 aromatic carbocycles. The van der Waals surface area contributed by atoms with Gasteiger partial charge in [0.1, 0.15) is 12.4 Å². The lowest BCUT2D eigenvalue weighted by Crippen LogP contribution is -2.50. The van der Waals surface area contributed by atoms with Crippen molar-refractivity contribution in [2.24, 2.45) is 0 Å². The van der Waals surface area contributed by atoms with E-state index in [1.165, 1.54) is 0 Å². The predicted molar refractivity (Wildman–Crippen MR) is 125 cm³/mol. The molecule has 0 aliphatic carbocycles. The topological polar surface area (TPSA) is 112 Å². The first kappa shape index (κ1) is 23.0. The minimum Gasteiger partial charge on any atom is -0.463 e. The Bertz CT molecular complexity index is 1250. The molecule has 34 heavy (non-hydrogen) atoms. The first-order valence-electron chi connectivity index (χ1n) is 11.1. The molecule has 9 nitrogen and oxygen atoms in total. The summed E-state index contributed by atoms with van der Waals surface area (Å²) in [6.07, 6.45) is 0.441. The molecule has 9 heteroatoms. The predicted octanol–water partition coefficient (Wildman–Crippen LogP) is 3.02. The number of ether oxygens (including phenoxy) is 2. The van der Waals surface area contributed by atoms with Gasteiger partial charge in [0.05, 0.1) is 41.4 Å². The van der Waals surface area contributed by atoms with Gasteiger partial charge in [-0.05, 0) is 38.1 Å². The number of amides is 2. The van der Waals surface area contributed by atoms with Gasteiger partial charge in [0.25, 0.3) is 0 Å². The molecule has 2 amide bonds. The highest BCUT2D eigenvalue weighted by Crippen LogP contribution is 2.22. The van der Waals surface area contributed by atoms with E-state index in [1.807, 2.05) is 59.2 Å². The highest BCUT2D eigenvalue weighted by molar-refractivity contribution is 5.94. The number of urea groups is 1. The zero-order valence-corrected chi connectivity index (χ0v) is 19.0. The number of nitrogens with one attached hydrogen (secondary N) is 2. The van der Waals surface area contributed by atoms with E-state index in [2.05, 4.69) is 10.6 Å². The highest BCUT2D eigenvalue weighted by atomic mass is 16.5. The number of aryl methyl sites for hydroxylation is 1. The summed E-state index contributed by atoms with van der Waals surface area (Å²) in [5.74, 6) is -0.299. The maximum atomic E-state index is 12.6. The van der Waals surface area contributed by atoms with Crippen molar-refractivity contribution in [2.75, 3.05) is 13.2 Å². The van der Waals surface area contributed by atoms with Crippen molar-refractivity contribution in [3.05, 3.63) is 71.7 Å². The standard InChI is InChI=1S/C25H26N4O5/c1-3-33-24(31)23-16(2)26-25(32)28-19(23)15-34-22(30)14-13-21-27-18-11-7-8-12-20(18)29(21)17-9-5-4-6-10-17/h4-12,16H,3,13-15H2,1-2H3,(H2,26,28,32). The van der Waals surface area contributed by atoms with Crippen LogP contribution < -0.4 is 10.6 Å². The third-order valence-electron chi connectivity index (χ3n) is 5.44. The Balaban J connectivity index is 1.48. The van der Waals surface area contributed by atoms with Crippen LogP contribution in [0.1, 0.15) is 26.1 Å².